The van der Waals surface area contributed by atoms with E-state index >= 15 is 0 Å². The van der Waals surface area contributed by atoms with Crippen molar-refractivity contribution in [1.29, 1.82) is 0 Å². The van der Waals surface area contributed by atoms with Crippen molar-refractivity contribution in [3.05, 3.63) is 41.4 Å². The molecule has 0 fully saturated rings. The number of anilines is 2. The van der Waals surface area contributed by atoms with Gasteiger partial charge in [0.15, 0.2) is 5.13 Å². The van der Waals surface area contributed by atoms with Crippen LogP contribution in [0.2, 0.25) is 0 Å². The molecule has 3 amide bonds. The maximum Gasteiger partial charge on any atom is 0.254 e. The van der Waals surface area contributed by atoms with E-state index in [4.69, 9.17) is 0 Å². The molecule has 0 aliphatic carbocycles. The minimum absolute atomic E-state index is 0.102. The monoisotopic (exact) mass is 358 g/mol. The zero-order chi connectivity index (χ0) is 18.0. The van der Waals surface area contributed by atoms with Gasteiger partial charge in [0, 0.05) is 11.6 Å². The Hall–Kier alpha value is -2.74. The van der Waals surface area contributed by atoms with Gasteiger partial charge < -0.3 is 15.5 Å². The molecule has 0 bridgehead atoms. The molecule has 1 unspecified atom stereocenters. The third-order valence-corrected chi connectivity index (χ3v) is 4.59. The molecule has 7 nitrogen and oxygen atoms in total. The number of rotatable bonds is 4. The largest absolute Gasteiger partial charge is 0.340 e. The summed E-state index contributed by atoms with van der Waals surface area (Å²) in [5.41, 5.74) is 0.809. The molecule has 0 saturated carbocycles. The standard InChI is InChI=1S/C17H18N4O3S/c1-10(2)14-16(24)21(9-13(22)19-17-18-7-8-25-17)12-6-4-3-5-11(12)15(23)20-14/h3-8,10,14H,9H2,1-2H3,(H,20,23)(H,18,19,22). The highest BCUT2D eigenvalue weighted by Crippen LogP contribution is 2.26. The molecule has 2 aromatic rings. The topological polar surface area (TPSA) is 91.4 Å². The van der Waals surface area contributed by atoms with Crippen molar-refractivity contribution in [2.75, 3.05) is 16.8 Å². The smallest absolute Gasteiger partial charge is 0.254 e. The van der Waals surface area contributed by atoms with Crippen LogP contribution in [0.3, 0.4) is 0 Å². The molecule has 130 valence electrons. The van der Waals surface area contributed by atoms with E-state index in [2.05, 4.69) is 15.6 Å². The fourth-order valence-electron chi connectivity index (χ4n) is 2.67. The zero-order valence-electron chi connectivity index (χ0n) is 13.9. The number of carbonyl (C=O) groups excluding carboxylic acids is 3. The zero-order valence-corrected chi connectivity index (χ0v) is 14.7. The molecule has 1 aliphatic rings. The molecule has 8 heteroatoms. The van der Waals surface area contributed by atoms with Crippen LogP contribution in [0.15, 0.2) is 35.8 Å². The van der Waals surface area contributed by atoms with Gasteiger partial charge in [0.1, 0.15) is 12.6 Å². The van der Waals surface area contributed by atoms with Crippen molar-refractivity contribution < 1.29 is 14.4 Å². The van der Waals surface area contributed by atoms with E-state index in [0.29, 0.717) is 16.4 Å². The number of nitrogens with zero attached hydrogens (tertiary/aromatic N) is 2. The number of para-hydroxylation sites is 1. The Balaban J connectivity index is 1.92. The Morgan fingerprint density at radius 1 is 1.36 bits per heavy atom. The van der Waals surface area contributed by atoms with Gasteiger partial charge in [-0.25, -0.2) is 4.98 Å². The first kappa shape index (κ1) is 17.1. The third kappa shape index (κ3) is 3.53. The fraction of sp³-hybridized carbons (Fsp3) is 0.294. The summed E-state index contributed by atoms with van der Waals surface area (Å²) in [4.78, 5) is 43.1. The number of benzene rings is 1. The number of fused-ring (bicyclic) bond motifs is 1. The molecule has 25 heavy (non-hydrogen) atoms. The van der Waals surface area contributed by atoms with E-state index in [1.807, 2.05) is 13.8 Å². The van der Waals surface area contributed by atoms with Gasteiger partial charge >= 0.3 is 0 Å². The van der Waals surface area contributed by atoms with Gasteiger partial charge in [-0.2, -0.15) is 0 Å². The molecule has 3 rings (SSSR count). The summed E-state index contributed by atoms with van der Waals surface area (Å²) in [6, 6.07) is 6.10. The Morgan fingerprint density at radius 2 is 2.12 bits per heavy atom. The maximum atomic E-state index is 13.0. The summed E-state index contributed by atoms with van der Waals surface area (Å²) >= 11 is 1.30. The van der Waals surface area contributed by atoms with Gasteiger partial charge in [-0.1, -0.05) is 26.0 Å². The van der Waals surface area contributed by atoms with Crippen LogP contribution >= 0.6 is 11.3 Å². The Bertz CT molecular complexity index is 804. The van der Waals surface area contributed by atoms with Crippen LogP contribution in [0.1, 0.15) is 24.2 Å². The van der Waals surface area contributed by atoms with Gasteiger partial charge in [-0.05, 0) is 18.1 Å². The lowest BCUT2D eigenvalue weighted by Crippen LogP contribution is -2.50. The summed E-state index contributed by atoms with van der Waals surface area (Å²) in [6.07, 6.45) is 1.59. The second kappa shape index (κ2) is 7.02. The number of amides is 3. The third-order valence-electron chi connectivity index (χ3n) is 3.91. The van der Waals surface area contributed by atoms with Crippen molar-refractivity contribution in [1.82, 2.24) is 10.3 Å². The van der Waals surface area contributed by atoms with E-state index in [-0.39, 0.29) is 30.2 Å². The minimum atomic E-state index is -0.687. The molecule has 2 N–H and O–H groups in total. The van der Waals surface area contributed by atoms with Crippen LogP contribution in [0, 0.1) is 5.92 Å². The van der Waals surface area contributed by atoms with Gasteiger partial charge in [0.05, 0.1) is 11.3 Å². The van der Waals surface area contributed by atoms with Gasteiger partial charge in [-0.15, -0.1) is 11.3 Å². The lowest BCUT2D eigenvalue weighted by molar-refractivity contribution is -0.123. The number of aromatic nitrogens is 1. The summed E-state index contributed by atoms with van der Waals surface area (Å²) in [5.74, 6) is -1.08. The molecule has 1 aliphatic heterocycles. The molecule has 0 saturated heterocycles. The first-order chi connectivity index (χ1) is 12.0. The lowest BCUT2D eigenvalue weighted by Gasteiger charge is -2.26. The van der Waals surface area contributed by atoms with Crippen LogP contribution < -0.4 is 15.5 Å². The first-order valence-electron chi connectivity index (χ1n) is 7.88. The summed E-state index contributed by atoms with van der Waals surface area (Å²) < 4.78 is 0. The van der Waals surface area contributed by atoms with Crippen LogP contribution in [0.25, 0.3) is 0 Å². The molecule has 1 aromatic carbocycles. The quantitative estimate of drug-likeness (QED) is 0.873. The SMILES string of the molecule is CC(C)C1NC(=O)c2ccccc2N(CC(=O)Nc2nccs2)C1=O. The summed E-state index contributed by atoms with van der Waals surface area (Å²) in [6.45, 7) is 3.52. The second-order valence-corrected chi connectivity index (χ2v) is 6.92. The number of hydrogen-bond donors (Lipinski definition) is 2. The minimum Gasteiger partial charge on any atom is -0.340 e. The summed E-state index contributed by atoms with van der Waals surface area (Å²) in [5, 5.41) is 7.64. The molecular formula is C17H18N4O3S. The molecule has 1 aromatic heterocycles. The predicted octanol–water partition coefficient (Wildman–Crippen LogP) is 1.88. The predicted molar refractivity (Wildman–Crippen MR) is 95.6 cm³/mol. The number of nitrogens with one attached hydrogen (secondary N) is 2. The van der Waals surface area contributed by atoms with E-state index in [1.165, 1.54) is 16.2 Å². The lowest BCUT2D eigenvalue weighted by atomic mass is 10.0. The Labute approximate surface area is 149 Å². The van der Waals surface area contributed by atoms with Gasteiger partial charge in [-0.3, -0.25) is 14.4 Å². The van der Waals surface area contributed by atoms with E-state index in [0.717, 1.165) is 0 Å². The average Bonchev–Trinajstić information content (AvgIpc) is 3.06. The first-order valence-corrected chi connectivity index (χ1v) is 8.76. The normalized spacial score (nSPS) is 17.1. The van der Waals surface area contributed by atoms with Crippen LogP contribution in [0.5, 0.6) is 0 Å². The fourth-order valence-corrected chi connectivity index (χ4v) is 3.22. The van der Waals surface area contributed by atoms with Crippen molar-refractivity contribution in [3.8, 4) is 0 Å². The van der Waals surface area contributed by atoms with Crippen LogP contribution in [-0.2, 0) is 9.59 Å². The second-order valence-electron chi connectivity index (χ2n) is 6.02. The van der Waals surface area contributed by atoms with E-state index < -0.39 is 6.04 Å². The number of thiazole rings is 1. The molecular weight excluding hydrogens is 340 g/mol. The highest BCUT2D eigenvalue weighted by atomic mass is 32.1. The van der Waals surface area contributed by atoms with Crippen molar-refractivity contribution in [2.24, 2.45) is 5.92 Å². The highest BCUT2D eigenvalue weighted by Gasteiger charge is 2.36. The highest BCUT2D eigenvalue weighted by molar-refractivity contribution is 7.13. The average molecular weight is 358 g/mol. The van der Waals surface area contributed by atoms with Crippen molar-refractivity contribution in [2.45, 2.75) is 19.9 Å². The van der Waals surface area contributed by atoms with Crippen molar-refractivity contribution in [3.63, 3.8) is 0 Å². The molecule has 2 heterocycles. The molecule has 1 atom stereocenters. The Kier molecular flexibility index (Phi) is 4.80. The van der Waals surface area contributed by atoms with Crippen molar-refractivity contribution >= 4 is 39.9 Å². The van der Waals surface area contributed by atoms with E-state index in [9.17, 15) is 14.4 Å². The number of hydrogen-bond acceptors (Lipinski definition) is 5. The summed E-state index contributed by atoms with van der Waals surface area (Å²) in [7, 11) is 0. The van der Waals surface area contributed by atoms with Crippen LogP contribution in [0.4, 0.5) is 10.8 Å². The Morgan fingerprint density at radius 3 is 2.80 bits per heavy atom. The maximum absolute atomic E-state index is 13.0. The van der Waals surface area contributed by atoms with Gasteiger partial charge in [0.2, 0.25) is 11.8 Å². The van der Waals surface area contributed by atoms with Crippen LogP contribution in [-0.4, -0.2) is 35.3 Å². The van der Waals surface area contributed by atoms with Gasteiger partial charge in [0.25, 0.3) is 5.91 Å². The number of carbonyl (C=O) groups is 3. The molecule has 0 radical (unpaired) electrons. The molecule has 0 spiro atoms. The van der Waals surface area contributed by atoms with E-state index in [1.54, 1.807) is 35.8 Å².